The van der Waals surface area contributed by atoms with Gasteiger partial charge in [-0.1, -0.05) is 0 Å². The molecule has 9 heteroatoms. The van der Waals surface area contributed by atoms with Gasteiger partial charge in [0.05, 0.1) is 18.3 Å². The lowest BCUT2D eigenvalue weighted by molar-refractivity contribution is 0.273. The summed E-state index contributed by atoms with van der Waals surface area (Å²) in [5.41, 5.74) is 1.35. The first-order valence-electron chi connectivity index (χ1n) is 5.94. The summed E-state index contributed by atoms with van der Waals surface area (Å²) in [7, 11) is -3.77. The first kappa shape index (κ1) is 15.1. The smallest absolute Gasteiger partial charge is 0.244 e. The minimum Gasteiger partial charge on any atom is -0.390 e. The molecule has 0 aliphatic carbocycles. The van der Waals surface area contributed by atoms with Gasteiger partial charge in [-0.25, -0.2) is 18.1 Å². The molecule has 7 nitrogen and oxygen atoms in total. The molecule has 0 spiro atoms. The van der Waals surface area contributed by atoms with Crippen molar-refractivity contribution < 1.29 is 13.5 Å². The van der Waals surface area contributed by atoms with Gasteiger partial charge in [0.2, 0.25) is 10.0 Å². The molecule has 0 saturated carbocycles. The van der Waals surface area contributed by atoms with Gasteiger partial charge in [0.25, 0.3) is 0 Å². The SMILES string of the molecule is Cc1csc(C(C)NS(=O)(=O)c2c(CO)n[nH]c2C)n1. The number of aliphatic hydroxyl groups excluding tert-OH is 1. The van der Waals surface area contributed by atoms with Gasteiger partial charge in [-0.2, -0.15) is 5.10 Å². The lowest BCUT2D eigenvalue weighted by atomic mass is 10.4. The number of nitrogens with zero attached hydrogens (tertiary/aromatic N) is 2. The van der Waals surface area contributed by atoms with E-state index < -0.39 is 22.7 Å². The summed E-state index contributed by atoms with van der Waals surface area (Å²) in [6.45, 7) is 4.74. The van der Waals surface area contributed by atoms with Crippen LogP contribution in [0.3, 0.4) is 0 Å². The fraction of sp³-hybridized carbons (Fsp3) is 0.455. The molecular formula is C11H16N4O3S2. The fourth-order valence-electron chi connectivity index (χ4n) is 1.85. The van der Waals surface area contributed by atoms with E-state index in [1.54, 1.807) is 13.8 Å². The van der Waals surface area contributed by atoms with Crippen molar-refractivity contribution in [1.82, 2.24) is 19.9 Å². The van der Waals surface area contributed by atoms with E-state index in [1.807, 2.05) is 12.3 Å². The number of aliphatic hydroxyl groups is 1. The third-order valence-electron chi connectivity index (χ3n) is 2.72. The number of thiazole rings is 1. The summed E-state index contributed by atoms with van der Waals surface area (Å²) < 4.78 is 27.3. The maximum absolute atomic E-state index is 12.4. The monoisotopic (exact) mass is 316 g/mol. The molecule has 1 atom stereocenters. The Balaban J connectivity index is 2.29. The molecule has 0 radical (unpaired) electrons. The standard InChI is InChI=1S/C11H16N4O3S2/c1-6-5-19-11(12-6)8(3)15-20(17,18)10-7(2)13-14-9(10)4-16/h5,8,15-16H,4H2,1-3H3,(H,13,14). The number of aromatic nitrogens is 3. The van der Waals surface area contributed by atoms with Crippen LogP contribution in [0.5, 0.6) is 0 Å². The molecule has 110 valence electrons. The van der Waals surface area contributed by atoms with E-state index in [0.29, 0.717) is 10.7 Å². The third kappa shape index (κ3) is 2.90. The molecule has 0 amide bonds. The molecule has 3 N–H and O–H groups in total. The van der Waals surface area contributed by atoms with Crippen LogP contribution in [0.25, 0.3) is 0 Å². The predicted octanol–water partition coefficient (Wildman–Crippen LogP) is 1.01. The second-order valence-electron chi connectivity index (χ2n) is 4.45. The molecule has 0 fully saturated rings. The Morgan fingerprint density at radius 3 is 2.75 bits per heavy atom. The van der Waals surface area contributed by atoms with Crippen molar-refractivity contribution in [3.8, 4) is 0 Å². The van der Waals surface area contributed by atoms with Crippen LogP contribution < -0.4 is 4.72 Å². The summed E-state index contributed by atoms with van der Waals surface area (Å²) in [5.74, 6) is 0. The number of aryl methyl sites for hydroxylation is 2. The zero-order valence-corrected chi connectivity index (χ0v) is 13.0. The highest BCUT2D eigenvalue weighted by Gasteiger charge is 2.26. The number of H-pyrrole nitrogens is 1. The van der Waals surface area contributed by atoms with Crippen LogP contribution >= 0.6 is 11.3 Å². The average Bonchev–Trinajstić information content (AvgIpc) is 2.94. The Morgan fingerprint density at radius 1 is 1.50 bits per heavy atom. The average molecular weight is 316 g/mol. The number of sulfonamides is 1. The molecular weight excluding hydrogens is 300 g/mol. The van der Waals surface area contributed by atoms with Gasteiger partial charge < -0.3 is 5.11 Å². The summed E-state index contributed by atoms with van der Waals surface area (Å²) in [5, 5.41) is 18.1. The molecule has 2 heterocycles. The lowest BCUT2D eigenvalue weighted by Gasteiger charge is -2.12. The van der Waals surface area contributed by atoms with Gasteiger partial charge in [0, 0.05) is 11.1 Å². The van der Waals surface area contributed by atoms with Crippen LogP contribution in [-0.2, 0) is 16.6 Å². The van der Waals surface area contributed by atoms with E-state index >= 15 is 0 Å². The number of aromatic amines is 1. The highest BCUT2D eigenvalue weighted by molar-refractivity contribution is 7.89. The fourth-order valence-corrected chi connectivity index (χ4v) is 4.29. The van der Waals surface area contributed by atoms with Crippen LogP contribution in [0, 0.1) is 13.8 Å². The lowest BCUT2D eigenvalue weighted by Crippen LogP contribution is -2.28. The zero-order chi connectivity index (χ0) is 14.9. The second kappa shape index (κ2) is 5.60. The number of rotatable bonds is 5. The van der Waals surface area contributed by atoms with Gasteiger partial charge >= 0.3 is 0 Å². The van der Waals surface area contributed by atoms with E-state index in [0.717, 1.165) is 5.69 Å². The van der Waals surface area contributed by atoms with E-state index in [9.17, 15) is 8.42 Å². The summed E-state index contributed by atoms with van der Waals surface area (Å²) in [6, 6.07) is -0.445. The molecule has 20 heavy (non-hydrogen) atoms. The normalized spacial score (nSPS) is 13.6. The Kier molecular flexibility index (Phi) is 4.23. The molecule has 0 aliphatic heterocycles. The molecule has 2 aromatic heterocycles. The van der Waals surface area contributed by atoms with Crippen LogP contribution in [0.1, 0.15) is 35.1 Å². The van der Waals surface area contributed by atoms with Crippen molar-refractivity contribution in [1.29, 1.82) is 0 Å². The van der Waals surface area contributed by atoms with Crippen LogP contribution in [0.2, 0.25) is 0 Å². The second-order valence-corrected chi connectivity index (χ2v) is 6.99. The van der Waals surface area contributed by atoms with E-state index in [4.69, 9.17) is 5.11 Å². The summed E-state index contributed by atoms with van der Waals surface area (Å²) in [6.07, 6.45) is 0. The van der Waals surface area contributed by atoms with E-state index in [2.05, 4.69) is 19.9 Å². The Labute approximate surface area is 121 Å². The molecule has 2 aromatic rings. The zero-order valence-electron chi connectivity index (χ0n) is 11.3. The number of nitrogens with one attached hydrogen (secondary N) is 2. The highest BCUT2D eigenvalue weighted by atomic mass is 32.2. The molecule has 0 aliphatic rings. The molecule has 0 saturated heterocycles. The van der Waals surface area contributed by atoms with Crippen LogP contribution in [-0.4, -0.2) is 28.7 Å². The van der Waals surface area contributed by atoms with Crippen LogP contribution in [0.15, 0.2) is 10.3 Å². The Morgan fingerprint density at radius 2 is 2.20 bits per heavy atom. The topological polar surface area (TPSA) is 108 Å². The predicted molar refractivity (Wildman–Crippen MR) is 74.8 cm³/mol. The van der Waals surface area contributed by atoms with Crippen molar-refractivity contribution in [2.24, 2.45) is 0 Å². The Bertz CT molecular complexity index is 705. The quantitative estimate of drug-likeness (QED) is 0.763. The van der Waals surface area contributed by atoms with Crippen molar-refractivity contribution in [3.05, 3.63) is 27.5 Å². The van der Waals surface area contributed by atoms with Gasteiger partial charge in [-0.3, -0.25) is 5.10 Å². The highest BCUT2D eigenvalue weighted by Crippen LogP contribution is 2.23. The summed E-state index contributed by atoms with van der Waals surface area (Å²) in [4.78, 5) is 4.26. The minimum absolute atomic E-state index is 0.000119. The molecule has 2 rings (SSSR count). The van der Waals surface area contributed by atoms with Gasteiger partial charge in [0.1, 0.15) is 15.6 Å². The largest absolute Gasteiger partial charge is 0.390 e. The first-order valence-corrected chi connectivity index (χ1v) is 8.30. The molecule has 0 bridgehead atoms. The van der Waals surface area contributed by atoms with Crippen molar-refractivity contribution >= 4 is 21.4 Å². The minimum atomic E-state index is -3.77. The maximum atomic E-state index is 12.4. The third-order valence-corrected chi connectivity index (χ3v) is 5.61. The van der Waals surface area contributed by atoms with E-state index in [1.165, 1.54) is 11.3 Å². The van der Waals surface area contributed by atoms with Crippen molar-refractivity contribution in [2.45, 2.75) is 38.3 Å². The molecule has 1 unspecified atom stereocenters. The maximum Gasteiger partial charge on any atom is 0.244 e. The first-order chi connectivity index (χ1) is 9.35. The van der Waals surface area contributed by atoms with Crippen molar-refractivity contribution in [2.75, 3.05) is 0 Å². The summed E-state index contributed by atoms with van der Waals surface area (Å²) >= 11 is 1.40. The van der Waals surface area contributed by atoms with Gasteiger partial charge in [-0.05, 0) is 20.8 Å². The van der Waals surface area contributed by atoms with Gasteiger partial charge in [0.15, 0.2) is 0 Å². The van der Waals surface area contributed by atoms with Crippen LogP contribution in [0.4, 0.5) is 0 Å². The Hall–Kier alpha value is -1.29. The number of hydrogen-bond acceptors (Lipinski definition) is 6. The number of hydrogen-bond donors (Lipinski definition) is 3. The van der Waals surface area contributed by atoms with Gasteiger partial charge in [-0.15, -0.1) is 11.3 Å². The van der Waals surface area contributed by atoms with E-state index in [-0.39, 0.29) is 10.6 Å². The molecule has 0 aromatic carbocycles. The van der Waals surface area contributed by atoms with Crippen molar-refractivity contribution in [3.63, 3.8) is 0 Å².